The lowest BCUT2D eigenvalue weighted by Gasteiger charge is -2.25. The molecule has 2 aliphatic rings. The standard InChI is InChI=1S/C13H24N2O2/c16-13(15-11-6-8-14-9-7-11)5-4-12-3-1-2-10-17-12/h11-12,14H,1-10H2,(H,15,16). The van der Waals surface area contributed by atoms with E-state index in [0.29, 0.717) is 18.6 Å². The summed E-state index contributed by atoms with van der Waals surface area (Å²) in [5.74, 6) is 0.200. The van der Waals surface area contributed by atoms with E-state index < -0.39 is 0 Å². The summed E-state index contributed by atoms with van der Waals surface area (Å²) in [4.78, 5) is 11.8. The third-order valence-corrected chi connectivity index (χ3v) is 3.67. The van der Waals surface area contributed by atoms with E-state index in [2.05, 4.69) is 10.6 Å². The maximum Gasteiger partial charge on any atom is 0.220 e. The molecule has 4 nitrogen and oxygen atoms in total. The zero-order chi connectivity index (χ0) is 11.9. The van der Waals surface area contributed by atoms with Crippen molar-refractivity contribution in [3.05, 3.63) is 0 Å². The summed E-state index contributed by atoms with van der Waals surface area (Å²) >= 11 is 0. The van der Waals surface area contributed by atoms with Crippen molar-refractivity contribution in [1.29, 1.82) is 0 Å². The van der Waals surface area contributed by atoms with E-state index in [1.165, 1.54) is 12.8 Å². The SMILES string of the molecule is O=C(CCC1CCCCO1)NC1CCNCC1. The van der Waals surface area contributed by atoms with Gasteiger partial charge in [-0.2, -0.15) is 0 Å². The second-order valence-electron chi connectivity index (χ2n) is 5.12. The van der Waals surface area contributed by atoms with Crippen molar-refractivity contribution in [1.82, 2.24) is 10.6 Å². The molecule has 0 aliphatic carbocycles. The number of amides is 1. The molecule has 98 valence electrons. The number of ether oxygens (including phenoxy) is 1. The number of carbonyl (C=O) groups excluding carboxylic acids is 1. The molecule has 0 aromatic heterocycles. The Hall–Kier alpha value is -0.610. The fourth-order valence-corrected chi connectivity index (χ4v) is 2.59. The first-order valence-electron chi connectivity index (χ1n) is 6.96. The van der Waals surface area contributed by atoms with Crippen LogP contribution in [0.1, 0.15) is 44.9 Å². The minimum absolute atomic E-state index is 0.200. The highest BCUT2D eigenvalue weighted by Crippen LogP contribution is 2.17. The summed E-state index contributed by atoms with van der Waals surface area (Å²) in [6, 6.07) is 0.385. The maximum absolute atomic E-state index is 11.8. The topological polar surface area (TPSA) is 50.4 Å². The van der Waals surface area contributed by atoms with Crippen molar-refractivity contribution in [2.45, 2.75) is 57.1 Å². The van der Waals surface area contributed by atoms with Gasteiger partial charge in [0.2, 0.25) is 5.91 Å². The molecule has 1 atom stereocenters. The third-order valence-electron chi connectivity index (χ3n) is 3.67. The quantitative estimate of drug-likeness (QED) is 0.776. The Morgan fingerprint density at radius 3 is 2.76 bits per heavy atom. The second-order valence-corrected chi connectivity index (χ2v) is 5.12. The first kappa shape index (κ1) is 12.8. The monoisotopic (exact) mass is 240 g/mol. The molecule has 0 aromatic carbocycles. The molecule has 4 heteroatoms. The molecular formula is C13H24N2O2. The molecule has 17 heavy (non-hydrogen) atoms. The van der Waals surface area contributed by atoms with Crippen molar-refractivity contribution in [2.24, 2.45) is 0 Å². The highest BCUT2D eigenvalue weighted by molar-refractivity contribution is 5.76. The van der Waals surface area contributed by atoms with Gasteiger partial charge in [0.1, 0.15) is 0 Å². The summed E-state index contributed by atoms with van der Waals surface area (Å²) in [7, 11) is 0. The summed E-state index contributed by atoms with van der Waals surface area (Å²) in [5.41, 5.74) is 0. The largest absolute Gasteiger partial charge is 0.378 e. The van der Waals surface area contributed by atoms with Gasteiger partial charge in [0, 0.05) is 19.1 Å². The van der Waals surface area contributed by atoms with Crippen LogP contribution in [0.15, 0.2) is 0 Å². The number of hydrogen-bond acceptors (Lipinski definition) is 3. The van der Waals surface area contributed by atoms with E-state index in [1.807, 2.05) is 0 Å². The van der Waals surface area contributed by atoms with Crippen molar-refractivity contribution in [3.8, 4) is 0 Å². The molecule has 1 unspecified atom stereocenters. The normalized spacial score (nSPS) is 26.7. The van der Waals surface area contributed by atoms with Crippen LogP contribution in [-0.4, -0.2) is 37.7 Å². The highest BCUT2D eigenvalue weighted by Gasteiger charge is 2.18. The summed E-state index contributed by atoms with van der Waals surface area (Å²) in [6.07, 6.45) is 7.50. The number of piperidine rings is 1. The predicted molar refractivity (Wildman–Crippen MR) is 66.9 cm³/mol. The molecule has 2 saturated heterocycles. The molecule has 0 spiro atoms. The van der Waals surface area contributed by atoms with Crippen LogP contribution in [0.4, 0.5) is 0 Å². The van der Waals surface area contributed by atoms with Crippen LogP contribution in [0.5, 0.6) is 0 Å². The molecule has 2 heterocycles. The zero-order valence-corrected chi connectivity index (χ0v) is 10.5. The van der Waals surface area contributed by atoms with Gasteiger partial charge in [0.15, 0.2) is 0 Å². The smallest absolute Gasteiger partial charge is 0.220 e. The number of hydrogen-bond donors (Lipinski definition) is 2. The Bertz CT molecular complexity index is 234. The van der Waals surface area contributed by atoms with E-state index in [0.717, 1.165) is 45.4 Å². The average Bonchev–Trinajstić information content (AvgIpc) is 2.39. The van der Waals surface area contributed by atoms with Crippen LogP contribution in [0.2, 0.25) is 0 Å². The lowest BCUT2D eigenvalue weighted by atomic mass is 10.0. The summed E-state index contributed by atoms with van der Waals surface area (Å²) in [5, 5.41) is 6.42. The van der Waals surface area contributed by atoms with Crippen molar-refractivity contribution in [2.75, 3.05) is 19.7 Å². The molecular weight excluding hydrogens is 216 g/mol. The number of carbonyl (C=O) groups is 1. The van der Waals surface area contributed by atoms with E-state index >= 15 is 0 Å². The molecule has 0 radical (unpaired) electrons. The van der Waals surface area contributed by atoms with E-state index in [-0.39, 0.29) is 5.91 Å². The lowest BCUT2D eigenvalue weighted by molar-refractivity contribution is -0.123. The number of nitrogens with one attached hydrogen (secondary N) is 2. The van der Waals surface area contributed by atoms with Crippen molar-refractivity contribution in [3.63, 3.8) is 0 Å². The van der Waals surface area contributed by atoms with Gasteiger partial charge in [-0.25, -0.2) is 0 Å². The zero-order valence-electron chi connectivity index (χ0n) is 10.5. The summed E-state index contributed by atoms with van der Waals surface area (Å²) < 4.78 is 5.63. The molecule has 2 N–H and O–H groups in total. The number of rotatable bonds is 4. The van der Waals surface area contributed by atoms with Gasteiger partial charge < -0.3 is 15.4 Å². The van der Waals surface area contributed by atoms with Gasteiger partial charge in [-0.15, -0.1) is 0 Å². The van der Waals surface area contributed by atoms with Crippen LogP contribution in [0.25, 0.3) is 0 Å². The van der Waals surface area contributed by atoms with Gasteiger partial charge >= 0.3 is 0 Å². The van der Waals surface area contributed by atoms with E-state index in [9.17, 15) is 4.79 Å². The van der Waals surface area contributed by atoms with Crippen molar-refractivity contribution >= 4 is 5.91 Å². The second kappa shape index (κ2) is 6.97. The fourth-order valence-electron chi connectivity index (χ4n) is 2.59. The van der Waals surface area contributed by atoms with Gasteiger partial charge in [-0.3, -0.25) is 4.79 Å². The Morgan fingerprint density at radius 2 is 2.06 bits per heavy atom. The first-order valence-corrected chi connectivity index (χ1v) is 6.96. The Labute approximate surface area is 103 Å². The Kier molecular flexibility index (Phi) is 5.26. The van der Waals surface area contributed by atoms with Crippen LogP contribution in [-0.2, 0) is 9.53 Å². The summed E-state index contributed by atoms with van der Waals surface area (Å²) in [6.45, 7) is 2.92. The Morgan fingerprint density at radius 1 is 1.24 bits per heavy atom. The van der Waals surface area contributed by atoms with Gasteiger partial charge in [-0.05, 0) is 51.6 Å². The molecule has 0 aromatic rings. The molecule has 1 amide bonds. The molecule has 0 bridgehead atoms. The van der Waals surface area contributed by atoms with Crippen LogP contribution in [0.3, 0.4) is 0 Å². The third kappa shape index (κ3) is 4.64. The highest BCUT2D eigenvalue weighted by atomic mass is 16.5. The van der Waals surface area contributed by atoms with E-state index in [4.69, 9.17) is 4.74 Å². The Balaban J connectivity index is 1.59. The minimum atomic E-state index is 0.200. The van der Waals surface area contributed by atoms with Crippen molar-refractivity contribution < 1.29 is 9.53 Å². The van der Waals surface area contributed by atoms with Gasteiger partial charge in [0.05, 0.1) is 6.10 Å². The molecule has 2 fully saturated rings. The molecule has 0 saturated carbocycles. The average molecular weight is 240 g/mol. The first-order chi connectivity index (χ1) is 8.34. The van der Waals surface area contributed by atoms with Gasteiger partial charge in [-0.1, -0.05) is 0 Å². The predicted octanol–water partition coefficient (Wildman–Crippen LogP) is 1.20. The van der Waals surface area contributed by atoms with Gasteiger partial charge in [0.25, 0.3) is 0 Å². The molecule has 2 aliphatic heterocycles. The fraction of sp³-hybridized carbons (Fsp3) is 0.923. The van der Waals surface area contributed by atoms with E-state index in [1.54, 1.807) is 0 Å². The van der Waals surface area contributed by atoms with Crippen LogP contribution < -0.4 is 10.6 Å². The lowest BCUT2D eigenvalue weighted by Crippen LogP contribution is -2.42. The maximum atomic E-state index is 11.8. The molecule has 2 rings (SSSR count). The minimum Gasteiger partial charge on any atom is -0.378 e. The van der Waals surface area contributed by atoms with Crippen LogP contribution in [0, 0.1) is 0 Å². The van der Waals surface area contributed by atoms with Crippen LogP contribution >= 0.6 is 0 Å².